The Morgan fingerprint density at radius 1 is 1.21 bits per heavy atom. The zero-order valence-electron chi connectivity index (χ0n) is 13.1. The van der Waals surface area contributed by atoms with Crippen LogP contribution in [0.15, 0.2) is 42.5 Å². The smallest absolute Gasteiger partial charge is 0.274 e. The lowest BCUT2D eigenvalue weighted by molar-refractivity contribution is -0.385. The van der Waals surface area contributed by atoms with Crippen LogP contribution in [0.1, 0.15) is 16.8 Å². The van der Waals surface area contributed by atoms with Crippen molar-refractivity contribution in [3.05, 3.63) is 69.4 Å². The second-order valence-electron chi connectivity index (χ2n) is 5.81. The summed E-state index contributed by atoms with van der Waals surface area (Å²) in [6, 6.07) is 13.3. The molecule has 0 saturated carbocycles. The van der Waals surface area contributed by atoms with Gasteiger partial charge in [-0.1, -0.05) is 24.3 Å². The van der Waals surface area contributed by atoms with Crippen molar-refractivity contribution in [3.8, 4) is 0 Å². The van der Waals surface area contributed by atoms with Crippen LogP contribution in [0.2, 0.25) is 0 Å². The molecule has 0 spiro atoms. The normalized spacial score (nSPS) is 13.0. The van der Waals surface area contributed by atoms with E-state index in [4.69, 9.17) is 4.98 Å². The second kappa shape index (κ2) is 5.79. The molecule has 0 amide bonds. The van der Waals surface area contributed by atoms with Crippen LogP contribution in [0.3, 0.4) is 0 Å². The van der Waals surface area contributed by atoms with Crippen LogP contribution in [0.5, 0.6) is 0 Å². The zero-order chi connectivity index (χ0) is 16.7. The Morgan fingerprint density at radius 2 is 2.04 bits per heavy atom. The van der Waals surface area contributed by atoms with E-state index in [0.29, 0.717) is 5.56 Å². The van der Waals surface area contributed by atoms with E-state index in [0.717, 1.165) is 39.5 Å². The topological polar surface area (TPSA) is 68.1 Å². The summed E-state index contributed by atoms with van der Waals surface area (Å²) in [6.45, 7) is 1.75. The number of thioether (sulfide) groups is 1. The number of nitrogens with one attached hydrogen (secondary N) is 1. The summed E-state index contributed by atoms with van der Waals surface area (Å²) in [5, 5.41) is 15.6. The summed E-state index contributed by atoms with van der Waals surface area (Å²) < 4.78 is 0. The first kappa shape index (κ1) is 15.0. The fourth-order valence-electron chi connectivity index (χ4n) is 3.00. The number of para-hydroxylation sites is 1. The number of pyridine rings is 1. The van der Waals surface area contributed by atoms with Crippen molar-refractivity contribution < 1.29 is 4.92 Å². The fourth-order valence-corrected chi connectivity index (χ4v) is 4.05. The second-order valence-corrected chi connectivity index (χ2v) is 6.79. The van der Waals surface area contributed by atoms with Crippen molar-refractivity contribution in [2.24, 2.45) is 0 Å². The van der Waals surface area contributed by atoms with E-state index < -0.39 is 0 Å². The number of rotatable bonds is 3. The van der Waals surface area contributed by atoms with Gasteiger partial charge in [-0.25, -0.2) is 0 Å². The van der Waals surface area contributed by atoms with Gasteiger partial charge >= 0.3 is 0 Å². The first-order valence-corrected chi connectivity index (χ1v) is 8.79. The monoisotopic (exact) mass is 337 g/mol. The number of hydrogen-bond acceptors (Lipinski definition) is 5. The lowest BCUT2D eigenvalue weighted by Crippen LogP contribution is -2.01. The number of aryl methyl sites for hydroxylation is 1. The highest BCUT2D eigenvalue weighted by Gasteiger charge is 2.20. The van der Waals surface area contributed by atoms with Gasteiger partial charge in [-0.2, -0.15) is 11.8 Å². The van der Waals surface area contributed by atoms with Gasteiger partial charge in [0.05, 0.1) is 21.8 Å². The Kier molecular flexibility index (Phi) is 3.61. The van der Waals surface area contributed by atoms with Crippen LogP contribution in [-0.2, 0) is 11.5 Å². The molecule has 0 atom stereocenters. The average Bonchev–Trinajstić information content (AvgIpc) is 3.04. The fraction of sp³-hybridized carbons (Fsp3) is 0.167. The van der Waals surface area contributed by atoms with Crippen LogP contribution in [0.25, 0.3) is 10.9 Å². The highest BCUT2D eigenvalue weighted by atomic mass is 32.2. The molecule has 2 aromatic carbocycles. The average molecular weight is 337 g/mol. The number of hydrogen-bond donors (Lipinski definition) is 1. The molecule has 3 aromatic rings. The number of aromatic nitrogens is 1. The van der Waals surface area contributed by atoms with Gasteiger partial charge in [-0.3, -0.25) is 15.1 Å². The molecule has 120 valence electrons. The molecule has 1 aliphatic heterocycles. The van der Waals surface area contributed by atoms with E-state index >= 15 is 0 Å². The lowest BCUT2D eigenvalue weighted by Gasteiger charge is -2.14. The molecule has 6 heteroatoms. The molecule has 0 radical (unpaired) electrons. The van der Waals surface area contributed by atoms with E-state index in [1.165, 1.54) is 5.56 Å². The molecule has 0 bridgehead atoms. The van der Waals surface area contributed by atoms with Crippen molar-refractivity contribution in [2.45, 2.75) is 18.4 Å². The van der Waals surface area contributed by atoms with Gasteiger partial charge < -0.3 is 5.32 Å². The molecule has 1 aliphatic rings. The highest BCUT2D eigenvalue weighted by molar-refractivity contribution is 7.98. The maximum absolute atomic E-state index is 11.2. The Morgan fingerprint density at radius 3 is 2.88 bits per heavy atom. The predicted octanol–water partition coefficient (Wildman–Crippen LogP) is 4.94. The molecule has 1 aromatic heterocycles. The number of nitro groups is 1. The first-order valence-electron chi connectivity index (χ1n) is 7.64. The SMILES string of the molecule is Cc1ccc(Nc2c3c(nc4ccccc24)CSC3)cc1[N+](=O)[O-]. The summed E-state index contributed by atoms with van der Waals surface area (Å²) in [5.74, 6) is 1.81. The molecular weight excluding hydrogens is 322 g/mol. The highest BCUT2D eigenvalue weighted by Crippen LogP contribution is 2.39. The van der Waals surface area contributed by atoms with E-state index in [-0.39, 0.29) is 10.6 Å². The Labute approximate surface area is 143 Å². The number of benzene rings is 2. The van der Waals surface area contributed by atoms with Gasteiger partial charge in [0.1, 0.15) is 0 Å². The van der Waals surface area contributed by atoms with Crippen LogP contribution in [0, 0.1) is 17.0 Å². The van der Waals surface area contributed by atoms with Crippen LogP contribution in [0.4, 0.5) is 17.1 Å². The van der Waals surface area contributed by atoms with Crippen molar-refractivity contribution >= 4 is 39.7 Å². The summed E-state index contributed by atoms with van der Waals surface area (Å²) in [6.07, 6.45) is 0. The maximum Gasteiger partial charge on any atom is 0.274 e. The van der Waals surface area contributed by atoms with E-state index in [1.807, 2.05) is 42.1 Å². The summed E-state index contributed by atoms with van der Waals surface area (Å²) in [4.78, 5) is 15.6. The lowest BCUT2D eigenvalue weighted by atomic mass is 10.1. The zero-order valence-corrected chi connectivity index (χ0v) is 13.9. The molecule has 5 nitrogen and oxygen atoms in total. The van der Waals surface area contributed by atoms with Crippen molar-refractivity contribution in [1.29, 1.82) is 0 Å². The maximum atomic E-state index is 11.2. The molecule has 0 saturated heterocycles. The first-order chi connectivity index (χ1) is 11.6. The third-order valence-electron chi connectivity index (χ3n) is 4.24. The third-order valence-corrected chi connectivity index (χ3v) is 5.21. The standard InChI is InChI=1S/C18H15N3O2S/c1-11-6-7-12(8-17(11)21(22)23)19-18-13-4-2-3-5-15(13)20-16-10-24-9-14(16)18/h2-8H,9-10H2,1H3,(H,19,20). The van der Waals surface area contributed by atoms with Crippen LogP contribution in [-0.4, -0.2) is 9.91 Å². The van der Waals surface area contributed by atoms with E-state index in [1.54, 1.807) is 19.1 Å². The summed E-state index contributed by atoms with van der Waals surface area (Å²) >= 11 is 1.84. The summed E-state index contributed by atoms with van der Waals surface area (Å²) in [5.41, 5.74) is 5.77. The van der Waals surface area contributed by atoms with Crippen LogP contribution < -0.4 is 5.32 Å². The Bertz CT molecular complexity index is 972. The summed E-state index contributed by atoms with van der Waals surface area (Å²) in [7, 11) is 0. The van der Waals surface area contributed by atoms with Gasteiger partial charge in [0, 0.05) is 39.8 Å². The molecule has 24 heavy (non-hydrogen) atoms. The molecule has 0 fully saturated rings. The number of anilines is 2. The Hall–Kier alpha value is -2.60. The van der Waals surface area contributed by atoms with Crippen LogP contribution >= 0.6 is 11.8 Å². The molecule has 0 aliphatic carbocycles. The molecule has 1 N–H and O–H groups in total. The van der Waals surface area contributed by atoms with Crippen molar-refractivity contribution in [2.75, 3.05) is 5.32 Å². The van der Waals surface area contributed by atoms with Gasteiger partial charge in [0.15, 0.2) is 0 Å². The molecular formula is C18H15N3O2S. The van der Waals surface area contributed by atoms with E-state index in [9.17, 15) is 10.1 Å². The van der Waals surface area contributed by atoms with Crippen molar-refractivity contribution in [1.82, 2.24) is 4.98 Å². The molecule has 0 unspecified atom stereocenters. The number of nitro benzene ring substituents is 1. The van der Waals surface area contributed by atoms with Gasteiger partial charge in [0.2, 0.25) is 0 Å². The Balaban J connectivity index is 1.86. The number of fused-ring (bicyclic) bond motifs is 2. The third kappa shape index (κ3) is 2.49. The van der Waals surface area contributed by atoms with Gasteiger partial charge in [0.25, 0.3) is 5.69 Å². The van der Waals surface area contributed by atoms with E-state index in [2.05, 4.69) is 5.32 Å². The largest absolute Gasteiger partial charge is 0.354 e. The minimum Gasteiger partial charge on any atom is -0.354 e. The predicted molar refractivity (Wildman–Crippen MR) is 97.9 cm³/mol. The quantitative estimate of drug-likeness (QED) is 0.541. The van der Waals surface area contributed by atoms with Crippen molar-refractivity contribution in [3.63, 3.8) is 0 Å². The van der Waals surface area contributed by atoms with Gasteiger partial charge in [-0.15, -0.1) is 0 Å². The minimum atomic E-state index is -0.342. The minimum absolute atomic E-state index is 0.129. The number of nitrogens with zero attached hydrogens (tertiary/aromatic N) is 2. The molecule has 2 heterocycles. The molecule has 4 rings (SSSR count). The van der Waals surface area contributed by atoms with Gasteiger partial charge in [-0.05, 0) is 19.1 Å².